The van der Waals surface area contributed by atoms with Gasteiger partial charge in [0.2, 0.25) is 0 Å². The van der Waals surface area contributed by atoms with Gasteiger partial charge in [-0.05, 0) is 61.3 Å². The Hall–Kier alpha value is -0.580. The molecule has 2 aromatic rings. The van der Waals surface area contributed by atoms with Gasteiger partial charge in [-0.2, -0.15) is 11.8 Å². The van der Waals surface area contributed by atoms with Crippen LogP contribution in [-0.4, -0.2) is 47.8 Å². The fourth-order valence-electron chi connectivity index (χ4n) is 4.64. The first-order chi connectivity index (χ1) is 10.7. The number of likely N-dealkylation sites (N-methyl/N-ethyl adjacent to an activating group) is 1. The number of aromatic nitrogens is 1. The van der Waals surface area contributed by atoms with Crippen molar-refractivity contribution >= 4 is 34.4 Å². The highest BCUT2D eigenvalue weighted by atomic mass is 32.2. The molecule has 22 heavy (non-hydrogen) atoms. The predicted octanol–water partition coefficient (Wildman–Crippen LogP) is 4.21. The second kappa shape index (κ2) is 5.81. The standard InChI is InChI=1S/C18H24N2S2/c1-20-9-11(10-21-2)7-13-12-5-4-6-15-17(12)14(8-16(13)20)18(19-15)22-3/h4-6,11,13,16,19H,7-10H2,1-3H3/t11-,13-,16-/m1/s1. The average Bonchev–Trinajstić information content (AvgIpc) is 2.88. The number of fused-ring (bicyclic) bond motifs is 2. The van der Waals surface area contributed by atoms with Gasteiger partial charge in [0.05, 0.1) is 5.03 Å². The summed E-state index contributed by atoms with van der Waals surface area (Å²) >= 11 is 3.86. The van der Waals surface area contributed by atoms with Crippen LogP contribution in [0.5, 0.6) is 0 Å². The number of H-pyrrole nitrogens is 1. The maximum atomic E-state index is 3.65. The van der Waals surface area contributed by atoms with Crippen LogP contribution in [0.15, 0.2) is 23.2 Å². The highest BCUT2D eigenvalue weighted by Crippen LogP contribution is 2.46. The van der Waals surface area contributed by atoms with Gasteiger partial charge in [0.1, 0.15) is 0 Å². The highest BCUT2D eigenvalue weighted by Gasteiger charge is 2.39. The minimum absolute atomic E-state index is 0.679. The third kappa shape index (κ3) is 2.22. The molecule has 3 atom stereocenters. The molecule has 2 aliphatic rings. The molecule has 0 unspecified atom stereocenters. The monoisotopic (exact) mass is 332 g/mol. The summed E-state index contributed by atoms with van der Waals surface area (Å²) in [6.45, 7) is 1.26. The fraction of sp³-hybridized carbons (Fsp3) is 0.556. The number of nitrogens with one attached hydrogen (secondary N) is 1. The second-order valence-electron chi connectivity index (χ2n) is 6.78. The third-order valence-corrected chi connectivity index (χ3v) is 7.07. The molecule has 0 spiro atoms. The minimum Gasteiger partial charge on any atom is -0.349 e. The largest absolute Gasteiger partial charge is 0.349 e. The van der Waals surface area contributed by atoms with Crippen molar-refractivity contribution < 1.29 is 0 Å². The zero-order chi connectivity index (χ0) is 15.3. The molecule has 1 aromatic heterocycles. The van der Waals surface area contributed by atoms with Crippen LogP contribution in [-0.2, 0) is 6.42 Å². The Labute approximate surface area is 141 Å². The van der Waals surface area contributed by atoms with Gasteiger partial charge < -0.3 is 9.88 Å². The van der Waals surface area contributed by atoms with E-state index in [1.165, 1.54) is 41.1 Å². The lowest BCUT2D eigenvalue weighted by Gasteiger charge is -2.45. The molecule has 1 N–H and O–H groups in total. The zero-order valence-electron chi connectivity index (χ0n) is 13.6. The van der Waals surface area contributed by atoms with E-state index in [9.17, 15) is 0 Å². The number of piperidine rings is 1. The number of thioether (sulfide) groups is 2. The molecule has 0 saturated carbocycles. The second-order valence-corrected chi connectivity index (χ2v) is 8.51. The number of likely N-dealkylation sites (tertiary alicyclic amines) is 1. The molecule has 1 aliphatic heterocycles. The molecule has 0 bridgehead atoms. The topological polar surface area (TPSA) is 19.0 Å². The Morgan fingerprint density at radius 2 is 2.18 bits per heavy atom. The van der Waals surface area contributed by atoms with E-state index in [0.29, 0.717) is 12.0 Å². The summed E-state index contributed by atoms with van der Waals surface area (Å²) in [6, 6.07) is 7.55. The number of rotatable bonds is 3. The summed E-state index contributed by atoms with van der Waals surface area (Å²) in [5.74, 6) is 2.83. The Balaban J connectivity index is 1.82. The molecular weight excluding hydrogens is 308 g/mol. The minimum atomic E-state index is 0.679. The van der Waals surface area contributed by atoms with Crippen LogP contribution in [0.3, 0.4) is 0 Å². The van der Waals surface area contributed by atoms with Crippen molar-refractivity contribution in [3.63, 3.8) is 0 Å². The van der Waals surface area contributed by atoms with Gasteiger partial charge in [-0.15, -0.1) is 11.8 Å². The van der Waals surface area contributed by atoms with E-state index < -0.39 is 0 Å². The van der Waals surface area contributed by atoms with E-state index >= 15 is 0 Å². The number of hydrogen-bond donors (Lipinski definition) is 1. The van der Waals surface area contributed by atoms with Gasteiger partial charge in [-0.25, -0.2) is 0 Å². The van der Waals surface area contributed by atoms with E-state index in [4.69, 9.17) is 0 Å². The van der Waals surface area contributed by atoms with Crippen LogP contribution < -0.4 is 0 Å². The summed E-state index contributed by atoms with van der Waals surface area (Å²) in [5, 5.41) is 2.91. The van der Waals surface area contributed by atoms with Gasteiger partial charge in [-0.3, -0.25) is 0 Å². The van der Waals surface area contributed by atoms with E-state index in [1.54, 1.807) is 11.1 Å². The molecule has 2 heterocycles. The summed E-state index contributed by atoms with van der Waals surface area (Å²) in [7, 11) is 2.33. The summed E-state index contributed by atoms with van der Waals surface area (Å²) in [6.07, 6.45) is 6.99. The summed E-state index contributed by atoms with van der Waals surface area (Å²) < 4.78 is 0. The van der Waals surface area contributed by atoms with Crippen molar-refractivity contribution in [2.75, 3.05) is 31.9 Å². The molecule has 4 rings (SSSR count). The summed E-state index contributed by atoms with van der Waals surface area (Å²) in [4.78, 5) is 6.28. The average molecular weight is 333 g/mol. The normalized spacial score (nSPS) is 28.0. The lowest BCUT2D eigenvalue weighted by Crippen LogP contribution is -2.48. The smallest absolute Gasteiger partial charge is 0.0763 e. The third-order valence-electron chi connectivity index (χ3n) is 5.50. The van der Waals surface area contributed by atoms with Crippen LogP contribution >= 0.6 is 23.5 Å². The number of aromatic amines is 1. The predicted molar refractivity (Wildman–Crippen MR) is 99.4 cm³/mol. The van der Waals surface area contributed by atoms with E-state index in [-0.39, 0.29) is 0 Å². The van der Waals surface area contributed by atoms with Gasteiger partial charge in [-0.1, -0.05) is 12.1 Å². The van der Waals surface area contributed by atoms with E-state index in [2.05, 4.69) is 47.6 Å². The van der Waals surface area contributed by atoms with Crippen LogP contribution in [0.1, 0.15) is 23.5 Å². The molecule has 1 saturated heterocycles. The lowest BCUT2D eigenvalue weighted by molar-refractivity contribution is 0.121. The molecule has 4 heteroatoms. The van der Waals surface area contributed by atoms with Crippen molar-refractivity contribution in [1.82, 2.24) is 9.88 Å². The Morgan fingerprint density at radius 1 is 1.32 bits per heavy atom. The quantitative estimate of drug-likeness (QED) is 0.850. The Bertz CT molecular complexity index is 694. The summed E-state index contributed by atoms with van der Waals surface area (Å²) in [5.41, 5.74) is 4.50. The first-order valence-corrected chi connectivity index (χ1v) is 10.7. The number of nitrogens with zero attached hydrogens (tertiary/aromatic N) is 1. The highest BCUT2D eigenvalue weighted by molar-refractivity contribution is 7.98. The maximum Gasteiger partial charge on any atom is 0.0763 e. The number of benzene rings is 1. The van der Waals surface area contributed by atoms with Crippen LogP contribution in [0.25, 0.3) is 10.9 Å². The lowest BCUT2D eigenvalue weighted by atomic mass is 9.73. The molecular formula is C18H24N2S2. The Morgan fingerprint density at radius 3 is 2.95 bits per heavy atom. The molecule has 2 nitrogen and oxygen atoms in total. The molecule has 1 aromatic carbocycles. The van der Waals surface area contributed by atoms with E-state index in [1.807, 2.05) is 23.5 Å². The molecule has 0 amide bonds. The van der Waals surface area contributed by atoms with Crippen LogP contribution in [0.4, 0.5) is 0 Å². The molecule has 1 aliphatic carbocycles. The van der Waals surface area contributed by atoms with E-state index in [0.717, 1.165) is 5.92 Å². The van der Waals surface area contributed by atoms with Crippen molar-refractivity contribution in [1.29, 1.82) is 0 Å². The first kappa shape index (κ1) is 15.0. The van der Waals surface area contributed by atoms with Gasteiger partial charge >= 0.3 is 0 Å². The maximum absolute atomic E-state index is 3.65. The van der Waals surface area contributed by atoms with Gasteiger partial charge in [0, 0.05) is 29.4 Å². The van der Waals surface area contributed by atoms with Gasteiger partial charge in [0.25, 0.3) is 0 Å². The SMILES string of the molecule is CSC[C@@H]1C[C@@H]2c3cccc4[nH]c(SC)c(c34)C[C@H]2N(C)C1. The molecule has 0 radical (unpaired) electrons. The number of hydrogen-bond acceptors (Lipinski definition) is 3. The van der Waals surface area contributed by atoms with Crippen molar-refractivity contribution in [2.45, 2.75) is 29.8 Å². The van der Waals surface area contributed by atoms with Crippen LogP contribution in [0.2, 0.25) is 0 Å². The zero-order valence-corrected chi connectivity index (χ0v) is 15.2. The van der Waals surface area contributed by atoms with Crippen molar-refractivity contribution in [2.24, 2.45) is 5.92 Å². The first-order valence-electron chi connectivity index (χ1n) is 8.09. The van der Waals surface area contributed by atoms with Gasteiger partial charge in [0.15, 0.2) is 0 Å². The van der Waals surface area contributed by atoms with Crippen molar-refractivity contribution in [3.8, 4) is 0 Å². The van der Waals surface area contributed by atoms with Crippen molar-refractivity contribution in [3.05, 3.63) is 29.3 Å². The van der Waals surface area contributed by atoms with Crippen LogP contribution in [0, 0.1) is 5.92 Å². The molecule has 118 valence electrons. The molecule has 1 fully saturated rings. The fourth-order valence-corrected chi connectivity index (χ4v) is 6.00. The Kier molecular flexibility index (Phi) is 3.95.